The standard InChI is InChI=1S/C32H60O2/c1-31-28-26-24-22-20-18-16-14-12-10-8-6-4-2-3-5-7-9-11-13-15-17-19-21-23-25-27-29-32(33)34-30-31/h12,14,31H,2-11,13,15-30H2,1H3/b14-12-. The molecule has 2 nitrogen and oxygen atoms in total. The van der Waals surface area contributed by atoms with E-state index in [-0.39, 0.29) is 5.97 Å². The van der Waals surface area contributed by atoms with Crippen molar-refractivity contribution in [3.05, 3.63) is 12.2 Å². The highest BCUT2D eigenvalue weighted by Crippen LogP contribution is 2.16. The predicted molar refractivity (Wildman–Crippen MR) is 149 cm³/mol. The molecular weight excluding hydrogens is 416 g/mol. The molecule has 1 heterocycles. The topological polar surface area (TPSA) is 26.3 Å². The lowest BCUT2D eigenvalue weighted by Gasteiger charge is -2.12. The van der Waals surface area contributed by atoms with Crippen LogP contribution in [0.3, 0.4) is 0 Å². The minimum absolute atomic E-state index is 0.0193. The molecule has 0 aromatic rings. The zero-order valence-corrected chi connectivity index (χ0v) is 23.1. The van der Waals surface area contributed by atoms with Gasteiger partial charge in [0.2, 0.25) is 0 Å². The first-order valence-corrected chi connectivity index (χ1v) is 15.6. The van der Waals surface area contributed by atoms with Crippen molar-refractivity contribution < 1.29 is 9.53 Å². The second-order valence-corrected chi connectivity index (χ2v) is 11.2. The summed E-state index contributed by atoms with van der Waals surface area (Å²) in [6.45, 7) is 2.84. The summed E-state index contributed by atoms with van der Waals surface area (Å²) in [5.74, 6) is 0.520. The van der Waals surface area contributed by atoms with Gasteiger partial charge in [0.05, 0.1) is 6.61 Å². The van der Waals surface area contributed by atoms with Crippen LogP contribution in [0.5, 0.6) is 0 Å². The van der Waals surface area contributed by atoms with Crippen molar-refractivity contribution in [3.63, 3.8) is 0 Å². The summed E-state index contributed by atoms with van der Waals surface area (Å²) in [7, 11) is 0. The molecule has 0 aromatic heterocycles. The number of ether oxygens (including phenoxy) is 1. The first-order valence-electron chi connectivity index (χ1n) is 15.6. The molecule has 0 aromatic carbocycles. The van der Waals surface area contributed by atoms with Gasteiger partial charge in [-0.25, -0.2) is 0 Å². The summed E-state index contributed by atoms with van der Waals surface area (Å²) in [6, 6.07) is 0. The highest BCUT2D eigenvalue weighted by Gasteiger charge is 2.07. The van der Waals surface area contributed by atoms with Crippen LogP contribution in [0.4, 0.5) is 0 Å². The van der Waals surface area contributed by atoms with Crippen molar-refractivity contribution in [1.29, 1.82) is 0 Å². The fourth-order valence-electron chi connectivity index (χ4n) is 5.09. The minimum Gasteiger partial charge on any atom is -0.465 e. The van der Waals surface area contributed by atoms with Crippen LogP contribution in [0.15, 0.2) is 12.2 Å². The number of carbonyl (C=O) groups is 1. The molecule has 34 heavy (non-hydrogen) atoms. The van der Waals surface area contributed by atoms with Crippen LogP contribution in [-0.4, -0.2) is 12.6 Å². The van der Waals surface area contributed by atoms with Crippen molar-refractivity contribution in [2.45, 2.75) is 174 Å². The van der Waals surface area contributed by atoms with Gasteiger partial charge in [0, 0.05) is 6.42 Å². The van der Waals surface area contributed by atoms with Crippen LogP contribution in [0, 0.1) is 5.92 Å². The summed E-state index contributed by atoms with van der Waals surface area (Å²) in [4.78, 5) is 12.0. The molecule has 200 valence electrons. The van der Waals surface area contributed by atoms with Gasteiger partial charge in [0.25, 0.3) is 0 Å². The fourth-order valence-corrected chi connectivity index (χ4v) is 5.09. The van der Waals surface area contributed by atoms with Crippen LogP contribution in [0.1, 0.15) is 174 Å². The largest absolute Gasteiger partial charge is 0.465 e. The van der Waals surface area contributed by atoms with Gasteiger partial charge in [0.1, 0.15) is 0 Å². The summed E-state index contributed by atoms with van der Waals surface area (Å²) < 4.78 is 5.52. The lowest BCUT2D eigenvalue weighted by atomic mass is 10.0. The van der Waals surface area contributed by atoms with E-state index >= 15 is 0 Å². The fraction of sp³-hybridized carbons (Fsp3) is 0.906. The molecule has 0 N–H and O–H groups in total. The quantitative estimate of drug-likeness (QED) is 0.256. The molecule has 0 amide bonds. The van der Waals surface area contributed by atoms with Gasteiger partial charge in [-0.05, 0) is 44.4 Å². The lowest BCUT2D eigenvalue weighted by Crippen LogP contribution is -2.11. The van der Waals surface area contributed by atoms with Gasteiger partial charge >= 0.3 is 5.97 Å². The van der Waals surface area contributed by atoms with Crippen LogP contribution in [-0.2, 0) is 9.53 Å². The van der Waals surface area contributed by atoms with E-state index in [0.29, 0.717) is 18.9 Å². The number of rotatable bonds is 0. The molecule has 0 spiro atoms. The molecule has 0 fully saturated rings. The molecule has 0 aliphatic carbocycles. The molecule has 0 radical (unpaired) electrons. The zero-order chi connectivity index (χ0) is 24.4. The number of esters is 1. The lowest BCUT2D eigenvalue weighted by molar-refractivity contribution is -0.145. The van der Waals surface area contributed by atoms with Crippen LogP contribution in [0.2, 0.25) is 0 Å². The Labute approximate surface area is 214 Å². The van der Waals surface area contributed by atoms with E-state index in [1.54, 1.807) is 0 Å². The smallest absolute Gasteiger partial charge is 0.305 e. The molecule has 1 atom stereocenters. The van der Waals surface area contributed by atoms with Crippen molar-refractivity contribution in [3.8, 4) is 0 Å². The molecule has 2 heteroatoms. The molecule has 1 rings (SSSR count). The first-order chi connectivity index (χ1) is 16.8. The molecule has 1 aliphatic heterocycles. The Morgan fingerprint density at radius 2 is 0.882 bits per heavy atom. The van der Waals surface area contributed by atoms with Gasteiger partial charge in [-0.1, -0.05) is 141 Å². The van der Waals surface area contributed by atoms with Gasteiger partial charge in [0.15, 0.2) is 0 Å². The van der Waals surface area contributed by atoms with E-state index in [0.717, 1.165) is 6.42 Å². The Kier molecular flexibility index (Phi) is 23.3. The third-order valence-corrected chi connectivity index (χ3v) is 7.51. The Morgan fingerprint density at radius 3 is 1.32 bits per heavy atom. The maximum atomic E-state index is 12.0. The molecule has 1 unspecified atom stereocenters. The van der Waals surface area contributed by atoms with Gasteiger partial charge in [-0.3, -0.25) is 4.79 Å². The number of cyclic esters (lactones) is 1. The van der Waals surface area contributed by atoms with E-state index in [9.17, 15) is 4.79 Å². The maximum absolute atomic E-state index is 12.0. The first kappa shape index (κ1) is 31.2. The number of hydrogen-bond donors (Lipinski definition) is 0. The van der Waals surface area contributed by atoms with Crippen LogP contribution < -0.4 is 0 Å². The third kappa shape index (κ3) is 23.0. The average Bonchev–Trinajstić information content (AvgIpc) is 2.83. The Morgan fingerprint density at radius 1 is 0.529 bits per heavy atom. The highest BCUT2D eigenvalue weighted by molar-refractivity contribution is 5.69. The summed E-state index contributed by atoms with van der Waals surface area (Å²) in [5, 5.41) is 0. The summed E-state index contributed by atoms with van der Waals surface area (Å²) in [5.41, 5.74) is 0. The second kappa shape index (κ2) is 25.3. The SMILES string of the molecule is CC1CCCCCCC/C=C\CCCCCCCCCCCCCCCCCCCC(=O)OC1. The van der Waals surface area contributed by atoms with Crippen molar-refractivity contribution >= 4 is 5.97 Å². The summed E-state index contributed by atoms with van der Waals surface area (Å²) >= 11 is 0. The second-order valence-electron chi connectivity index (χ2n) is 11.2. The molecule has 0 saturated heterocycles. The third-order valence-electron chi connectivity index (χ3n) is 7.51. The maximum Gasteiger partial charge on any atom is 0.305 e. The highest BCUT2D eigenvalue weighted by atomic mass is 16.5. The van der Waals surface area contributed by atoms with Crippen LogP contribution >= 0.6 is 0 Å². The Hall–Kier alpha value is -0.790. The minimum atomic E-state index is 0.0193. The monoisotopic (exact) mass is 476 g/mol. The van der Waals surface area contributed by atoms with E-state index in [1.165, 1.54) is 154 Å². The van der Waals surface area contributed by atoms with E-state index in [4.69, 9.17) is 4.74 Å². The van der Waals surface area contributed by atoms with E-state index in [2.05, 4.69) is 19.1 Å². The average molecular weight is 477 g/mol. The van der Waals surface area contributed by atoms with Crippen molar-refractivity contribution in [1.82, 2.24) is 0 Å². The predicted octanol–water partition coefficient (Wildman–Crippen LogP) is 10.9. The van der Waals surface area contributed by atoms with Crippen molar-refractivity contribution in [2.75, 3.05) is 6.61 Å². The van der Waals surface area contributed by atoms with Gasteiger partial charge < -0.3 is 4.74 Å². The normalized spacial score (nSPS) is 25.8. The number of hydrogen-bond acceptors (Lipinski definition) is 2. The number of allylic oxidation sites excluding steroid dienone is 2. The van der Waals surface area contributed by atoms with Crippen LogP contribution in [0.25, 0.3) is 0 Å². The van der Waals surface area contributed by atoms with E-state index < -0.39 is 0 Å². The van der Waals surface area contributed by atoms with E-state index in [1.807, 2.05) is 0 Å². The Balaban J connectivity index is 2.15. The molecule has 0 saturated carbocycles. The van der Waals surface area contributed by atoms with Crippen molar-refractivity contribution in [2.24, 2.45) is 5.92 Å². The van der Waals surface area contributed by atoms with Gasteiger partial charge in [-0.2, -0.15) is 0 Å². The Bertz CT molecular complexity index is 456. The summed E-state index contributed by atoms with van der Waals surface area (Å²) in [6.07, 6.45) is 39.1. The molecule has 1 aliphatic rings. The number of carbonyl (C=O) groups excluding carboxylic acids is 1. The zero-order valence-electron chi connectivity index (χ0n) is 23.1. The molecule has 0 bridgehead atoms. The van der Waals surface area contributed by atoms with Gasteiger partial charge in [-0.15, -0.1) is 0 Å². The molecular formula is C32H60O2.